The summed E-state index contributed by atoms with van der Waals surface area (Å²) in [4.78, 5) is 17.4. The number of nitrogens with zero attached hydrogens (tertiary/aromatic N) is 6. The van der Waals surface area contributed by atoms with Crippen LogP contribution in [0.15, 0.2) is 61.1 Å². The highest BCUT2D eigenvalue weighted by molar-refractivity contribution is 5.92. The van der Waals surface area contributed by atoms with Gasteiger partial charge in [0, 0.05) is 55.3 Å². The monoisotopic (exact) mass is 438 g/mol. The average Bonchev–Trinajstić information content (AvgIpc) is 3.49. The van der Waals surface area contributed by atoms with Gasteiger partial charge in [0.25, 0.3) is 0 Å². The van der Waals surface area contributed by atoms with Crippen molar-refractivity contribution in [2.75, 3.05) is 43.4 Å². The van der Waals surface area contributed by atoms with Crippen molar-refractivity contribution in [2.45, 2.75) is 6.92 Å². The molecular formula is C25H26N8. The molecule has 166 valence electrons. The van der Waals surface area contributed by atoms with Gasteiger partial charge in [-0.05, 0) is 55.9 Å². The lowest BCUT2D eigenvalue weighted by molar-refractivity contribution is 0.313. The molecule has 8 heteroatoms. The summed E-state index contributed by atoms with van der Waals surface area (Å²) >= 11 is 0. The maximum atomic E-state index is 4.79. The molecule has 1 aliphatic rings. The molecule has 0 spiro atoms. The summed E-state index contributed by atoms with van der Waals surface area (Å²) in [6.07, 6.45) is 5.58. The number of aromatic amines is 1. The summed E-state index contributed by atoms with van der Waals surface area (Å²) in [6, 6.07) is 14.8. The van der Waals surface area contributed by atoms with Crippen LogP contribution in [0.25, 0.3) is 27.6 Å². The van der Waals surface area contributed by atoms with E-state index in [0.29, 0.717) is 5.95 Å². The number of benzene rings is 2. The Bertz CT molecular complexity index is 1420. The normalized spacial score (nSPS) is 14.9. The molecule has 8 nitrogen and oxygen atoms in total. The summed E-state index contributed by atoms with van der Waals surface area (Å²) in [5, 5.41) is 9.97. The van der Waals surface area contributed by atoms with Gasteiger partial charge in [0.15, 0.2) is 5.65 Å². The molecule has 33 heavy (non-hydrogen) atoms. The molecule has 1 saturated heterocycles. The van der Waals surface area contributed by atoms with Gasteiger partial charge in [-0.3, -0.25) is 0 Å². The molecule has 2 N–H and O–H groups in total. The second-order valence-electron chi connectivity index (χ2n) is 8.66. The van der Waals surface area contributed by atoms with E-state index in [1.807, 2.05) is 23.3 Å². The van der Waals surface area contributed by atoms with Crippen molar-refractivity contribution in [3.63, 3.8) is 0 Å². The average molecular weight is 439 g/mol. The number of likely N-dealkylation sites (N-methyl/N-ethyl adjacent to an activating group) is 1. The lowest BCUT2D eigenvalue weighted by Crippen LogP contribution is -2.44. The number of piperazine rings is 1. The van der Waals surface area contributed by atoms with E-state index < -0.39 is 0 Å². The molecule has 0 unspecified atom stereocenters. The first kappa shape index (κ1) is 19.8. The molecule has 1 fully saturated rings. The molecule has 0 amide bonds. The minimum absolute atomic E-state index is 0.550. The SMILES string of the molecule is Cc1ccc(-n2ncc3cnc(Nc4ccc(N5CCN(C)CC5)cc4)nc32)c2cc[nH]c12. The number of aromatic nitrogens is 5. The van der Waals surface area contributed by atoms with Crippen LogP contribution in [0.2, 0.25) is 0 Å². The van der Waals surface area contributed by atoms with Crippen molar-refractivity contribution >= 4 is 39.3 Å². The van der Waals surface area contributed by atoms with Crippen LogP contribution >= 0.6 is 0 Å². The highest BCUT2D eigenvalue weighted by atomic mass is 15.3. The number of H-pyrrole nitrogens is 1. The van der Waals surface area contributed by atoms with Gasteiger partial charge >= 0.3 is 0 Å². The summed E-state index contributed by atoms with van der Waals surface area (Å²) in [5.41, 5.74) is 6.29. The van der Waals surface area contributed by atoms with E-state index in [4.69, 9.17) is 4.98 Å². The second kappa shape index (κ2) is 7.90. The zero-order valence-corrected chi connectivity index (χ0v) is 18.8. The molecular weight excluding hydrogens is 412 g/mol. The number of fused-ring (bicyclic) bond motifs is 2. The van der Waals surface area contributed by atoms with Gasteiger partial charge in [-0.15, -0.1) is 0 Å². The molecule has 0 saturated carbocycles. The van der Waals surface area contributed by atoms with Gasteiger partial charge in [-0.25, -0.2) is 9.67 Å². The van der Waals surface area contributed by atoms with E-state index in [9.17, 15) is 0 Å². The van der Waals surface area contributed by atoms with Crippen LogP contribution in [0.1, 0.15) is 5.56 Å². The number of nitrogens with one attached hydrogen (secondary N) is 2. The van der Waals surface area contributed by atoms with Crippen LogP contribution in [0, 0.1) is 6.92 Å². The van der Waals surface area contributed by atoms with E-state index in [0.717, 1.165) is 59.5 Å². The minimum Gasteiger partial charge on any atom is -0.369 e. The smallest absolute Gasteiger partial charge is 0.229 e. The number of rotatable bonds is 4. The quantitative estimate of drug-likeness (QED) is 0.440. The van der Waals surface area contributed by atoms with Crippen molar-refractivity contribution in [3.05, 3.63) is 66.6 Å². The van der Waals surface area contributed by atoms with Crippen LogP contribution in [-0.2, 0) is 0 Å². The van der Waals surface area contributed by atoms with Crippen LogP contribution in [0.3, 0.4) is 0 Å². The van der Waals surface area contributed by atoms with Gasteiger partial charge in [-0.1, -0.05) is 6.07 Å². The highest BCUT2D eigenvalue weighted by Crippen LogP contribution is 2.27. The van der Waals surface area contributed by atoms with E-state index in [1.54, 1.807) is 0 Å². The molecule has 3 aromatic heterocycles. The molecule has 1 aliphatic heterocycles. The van der Waals surface area contributed by atoms with E-state index >= 15 is 0 Å². The largest absolute Gasteiger partial charge is 0.369 e. The number of aryl methyl sites for hydroxylation is 1. The molecule has 0 bridgehead atoms. The van der Waals surface area contributed by atoms with E-state index in [2.05, 4.69) is 86.6 Å². The first-order valence-electron chi connectivity index (χ1n) is 11.2. The lowest BCUT2D eigenvalue weighted by Gasteiger charge is -2.34. The lowest BCUT2D eigenvalue weighted by atomic mass is 10.1. The van der Waals surface area contributed by atoms with Gasteiger partial charge in [-0.2, -0.15) is 10.1 Å². The Hall–Kier alpha value is -3.91. The van der Waals surface area contributed by atoms with Crippen LogP contribution in [-0.4, -0.2) is 62.9 Å². The predicted molar refractivity (Wildman–Crippen MR) is 133 cm³/mol. The molecule has 6 rings (SSSR count). The number of hydrogen-bond donors (Lipinski definition) is 2. The number of hydrogen-bond acceptors (Lipinski definition) is 6. The van der Waals surface area contributed by atoms with Crippen molar-refractivity contribution in [2.24, 2.45) is 0 Å². The van der Waals surface area contributed by atoms with Gasteiger partial charge in [0.05, 0.1) is 22.8 Å². The molecule has 5 aromatic rings. The summed E-state index contributed by atoms with van der Waals surface area (Å²) in [6.45, 7) is 6.40. The van der Waals surface area contributed by atoms with Crippen molar-refractivity contribution in [1.29, 1.82) is 0 Å². The van der Waals surface area contributed by atoms with Crippen LogP contribution < -0.4 is 10.2 Å². The second-order valence-corrected chi connectivity index (χ2v) is 8.66. The fourth-order valence-electron chi connectivity index (χ4n) is 4.47. The first-order valence-corrected chi connectivity index (χ1v) is 11.2. The Kier molecular flexibility index (Phi) is 4.73. The van der Waals surface area contributed by atoms with E-state index in [1.165, 1.54) is 11.3 Å². The first-order chi connectivity index (χ1) is 16.2. The molecule has 0 radical (unpaired) electrons. The Labute approximate surface area is 191 Å². The number of anilines is 3. The van der Waals surface area contributed by atoms with Crippen molar-refractivity contribution < 1.29 is 0 Å². The van der Waals surface area contributed by atoms with Gasteiger partial charge in [0.1, 0.15) is 0 Å². The maximum absolute atomic E-state index is 4.79. The van der Waals surface area contributed by atoms with Gasteiger partial charge in [0.2, 0.25) is 5.95 Å². The van der Waals surface area contributed by atoms with Crippen molar-refractivity contribution in [3.8, 4) is 5.69 Å². The fraction of sp³-hybridized carbons (Fsp3) is 0.240. The standard InChI is InChI=1S/C25H26N8/c1-17-3-8-22(21-9-10-26-23(17)21)33-24-18(16-28-33)15-27-25(30-24)29-19-4-6-20(7-5-19)32-13-11-31(2)12-14-32/h3-10,15-16,26H,11-14H2,1-2H3,(H,27,29,30). The summed E-state index contributed by atoms with van der Waals surface area (Å²) in [5.74, 6) is 0.550. The zero-order chi connectivity index (χ0) is 22.4. The topological polar surface area (TPSA) is 77.9 Å². The third kappa shape index (κ3) is 3.58. The maximum Gasteiger partial charge on any atom is 0.229 e. The Balaban J connectivity index is 1.29. The highest BCUT2D eigenvalue weighted by Gasteiger charge is 2.15. The van der Waals surface area contributed by atoms with Crippen molar-refractivity contribution in [1.82, 2.24) is 29.6 Å². The van der Waals surface area contributed by atoms with Crippen LogP contribution in [0.5, 0.6) is 0 Å². The Morgan fingerprint density at radius 1 is 0.939 bits per heavy atom. The zero-order valence-electron chi connectivity index (χ0n) is 18.8. The third-order valence-electron chi connectivity index (χ3n) is 6.44. The van der Waals surface area contributed by atoms with Gasteiger partial charge < -0.3 is 20.1 Å². The molecule has 4 heterocycles. The minimum atomic E-state index is 0.550. The van der Waals surface area contributed by atoms with Crippen LogP contribution in [0.4, 0.5) is 17.3 Å². The molecule has 0 aliphatic carbocycles. The summed E-state index contributed by atoms with van der Waals surface area (Å²) < 4.78 is 1.88. The molecule has 0 atom stereocenters. The Morgan fingerprint density at radius 3 is 2.58 bits per heavy atom. The Morgan fingerprint density at radius 2 is 1.76 bits per heavy atom. The fourth-order valence-corrected chi connectivity index (χ4v) is 4.47. The van der Waals surface area contributed by atoms with E-state index in [-0.39, 0.29) is 0 Å². The third-order valence-corrected chi connectivity index (χ3v) is 6.44. The predicted octanol–water partition coefficient (Wildman–Crippen LogP) is 4.10. The summed E-state index contributed by atoms with van der Waals surface area (Å²) in [7, 11) is 2.17. The molecule has 2 aromatic carbocycles.